The van der Waals surface area contributed by atoms with E-state index in [1.54, 1.807) is 0 Å². The number of hydrogen-bond acceptors (Lipinski definition) is 4. The van der Waals surface area contributed by atoms with E-state index in [1.165, 1.54) is 6.26 Å². The first-order chi connectivity index (χ1) is 10.5. The molecule has 0 heterocycles. The summed E-state index contributed by atoms with van der Waals surface area (Å²) < 4.78 is 65.7. The number of alkyl halides is 3. The Bertz CT molecular complexity index is 505. The lowest BCUT2D eigenvalue weighted by Crippen LogP contribution is -2.37. The first-order valence-corrected chi connectivity index (χ1v) is 11.4. The molecule has 2 atom stereocenters. The summed E-state index contributed by atoms with van der Waals surface area (Å²) in [6.07, 6.45) is 6.75. The quantitative estimate of drug-likeness (QED) is 0.467. The molecule has 2 unspecified atom stereocenters. The van der Waals surface area contributed by atoms with Crippen molar-refractivity contribution in [3.8, 4) is 0 Å². The van der Waals surface area contributed by atoms with E-state index >= 15 is 0 Å². The lowest BCUT2D eigenvalue weighted by Gasteiger charge is -2.42. The fourth-order valence-corrected chi connectivity index (χ4v) is 7.76. The minimum atomic E-state index is -5.69. The zero-order valence-electron chi connectivity index (χ0n) is 13.5. The molecule has 0 aromatic carbocycles. The van der Waals surface area contributed by atoms with Gasteiger partial charge in [0.2, 0.25) is 0 Å². The molecule has 0 amide bonds. The van der Waals surface area contributed by atoms with Crippen molar-refractivity contribution < 1.29 is 30.0 Å². The van der Waals surface area contributed by atoms with Gasteiger partial charge >= 0.3 is 15.6 Å². The predicted molar refractivity (Wildman–Crippen MR) is 85.8 cm³/mol. The normalized spacial score (nSPS) is 24.2. The van der Waals surface area contributed by atoms with E-state index in [0.717, 1.165) is 19.3 Å². The van der Waals surface area contributed by atoms with Gasteiger partial charge < -0.3 is 0 Å². The third-order valence-corrected chi connectivity index (χ3v) is 9.36. The number of Topliss-reactive ketones (excluding diaryl/α,β-unsaturated/α-hetero) is 1. The monoisotopic (exact) mass is 378 g/mol. The molecule has 1 aliphatic carbocycles. The van der Waals surface area contributed by atoms with E-state index < -0.39 is 31.2 Å². The van der Waals surface area contributed by atoms with Crippen LogP contribution in [-0.2, 0) is 18.5 Å². The Morgan fingerprint density at radius 2 is 1.83 bits per heavy atom. The van der Waals surface area contributed by atoms with E-state index in [2.05, 4.69) is 3.63 Å². The lowest BCUT2D eigenvalue weighted by atomic mass is 9.99. The first-order valence-electron chi connectivity index (χ1n) is 7.83. The van der Waals surface area contributed by atoms with Crippen molar-refractivity contribution in [2.45, 2.75) is 69.0 Å². The first kappa shape index (κ1) is 20.8. The standard InChI is InChI=1S/C14H25F3O4S2/c1-3-4-5-8-11-22(2,13-10-7-6-9-12(13)18)21-23(19,20)14(15,16)17/h13H,3-11H2,1-2H3. The number of halogens is 3. The highest BCUT2D eigenvalue weighted by Crippen LogP contribution is 2.57. The van der Waals surface area contributed by atoms with E-state index in [-0.39, 0.29) is 18.0 Å². The molecule has 23 heavy (non-hydrogen) atoms. The average molecular weight is 378 g/mol. The maximum absolute atomic E-state index is 12.7. The van der Waals surface area contributed by atoms with E-state index in [9.17, 15) is 26.4 Å². The van der Waals surface area contributed by atoms with Gasteiger partial charge in [0.25, 0.3) is 0 Å². The number of rotatable bonds is 8. The molecule has 1 saturated carbocycles. The molecule has 0 N–H and O–H groups in total. The molecular weight excluding hydrogens is 353 g/mol. The SMILES string of the molecule is CCCCCCS(C)(OS(=O)(=O)C(F)(F)F)C1CCCCC1=O. The number of carbonyl (C=O) groups is 1. The van der Waals surface area contributed by atoms with Gasteiger partial charge in [-0.1, -0.05) is 32.6 Å². The number of hydrogen-bond donors (Lipinski definition) is 0. The van der Waals surface area contributed by atoms with Crippen molar-refractivity contribution in [3.05, 3.63) is 0 Å². The largest absolute Gasteiger partial charge is 0.523 e. The molecule has 0 aliphatic heterocycles. The molecule has 1 rings (SSSR count). The molecule has 9 heteroatoms. The smallest absolute Gasteiger partial charge is 0.298 e. The number of ketones is 1. The number of carbonyl (C=O) groups excluding carboxylic acids is 1. The van der Waals surface area contributed by atoms with Crippen LogP contribution in [0, 0.1) is 0 Å². The zero-order chi connectivity index (χ0) is 17.7. The second-order valence-corrected chi connectivity index (χ2v) is 11.0. The summed E-state index contributed by atoms with van der Waals surface area (Å²) in [6.45, 7) is 2.00. The van der Waals surface area contributed by atoms with E-state index in [1.807, 2.05) is 6.92 Å². The van der Waals surface area contributed by atoms with Crippen LogP contribution in [0.25, 0.3) is 0 Å². The fraction of sp³-hybridized carbons (Fsp3) is 0.929. The minimum Gasteiger partial charge on any atom is -0.298 e. The molecule has 0 spiro atoms. The second kappa shape index (κ2) is 8.20. The van der Waals surface area contributed by atoms with Gasteiger partial charge in [-0.3, -0.25) is 4.79 Å². The topological polar surface area (TPSA) is 60.4 Å². The van der Waals surface area contributed by atoms with Crippen LogP contribution in [0.2, 0.25) is 0 Å². The molecule has 0 aromatic rings. The second-order valence-electron chi connectivity index (χ2n) is 6.01. The maximum Gasteiger partial charge on any atom is 0.523 e. The molecule has 0 aromatic heterocycles. The summed E-state index contributed by atoms with van der Waals surface area (Å²) in [5, 5.41) is -0.713. The molecule has 4 nitrogen and oxygen atoms in total. The van der Waals surface area contributed by atoms with Gasteiger partial charge in [0.1, 0.15) is 5.78 Å². The van der Waals surface area contributed by atoms with Gasteiger partial charge in [-0.15, -0.1) is 10.3 Å². The Labute approximate surface area is 137 Å². The van der Waals surface area contributed by atoms with Gasteiger partial charge in [-0.25, -0.2) is 3.63 Å². The van der Waals surface area contributed by atoms with Crippen LogP contribution in [0.4, 0.5) is 13.2 Å². The van der Waals surface area contributed by atoms with Crippen molar-refractivity contribution in [1.82, 2.24) is 0 Å². The highest BCUT2D eigenvalue weighted by atomic mass is 32.3. The Morgan fingerprint density at radius 3 is 2.35 bits per heavy atom. The highest BCUT2D eigenvalue weighted by Gasteiger charge is 2.52. The molecule has 0 saturated heterocycles. The van der Waals surface area contributed by atoms with E-state index in [0.29, 0.717) is 25.7 Å². The maximum atomic E-state index is 12.7. The van der Waals surface area contributed by atoms with Gasteiger partial charge in [-0.2, -0.15) is 21.6 Å². The highest BCUT2D eigenvalue weighted by molar-refractivity contribution is 8.33. The summed E-state index contributed by atoms with van der Waals surface area (Å²) in [7, 11) is -8.35. The van der Waals surface area contributed by atoms with Crippen molar-refractivity contribution >= 4 is 26.2 Å². The summed E-state index contributed by atoms with van der Waals surface area (Å²) in [5.74, 6) is 0.0419. The third-order valence-electron chi connectivity index (χ3n) is 4.03. The molecule has 0 bridgehead atoms. The van der Waals surface area contributed by atoms with Crippen LogP contribution in [0.3, 0.4) is 0 Å². The lowest BCUT2D eigenvalue weighted by molar-refractivity contribution is -0.119. The van der Waals surface area contributed by atoms with Crippen molar-refractivity contribution in [2.75, 3.05) is 12.0 Å². The van der Waals surface area contributed by atoms with Gasteiger partial charge in [0, 0.05) is 12.2 Å². The van der Waals surface area contributed by atoms with Gasteiger partial charge in [0.15, 0.2) is 0 Å². The van der Waals surface area contributed by atoms with Crippen molar-refractivity contribution in [3.63, 3.8) is 0 Å². The number of unbranched alkanes of at least 4 members (excludes halogenated alkanes) is 3. The van der Waals surface area contributed by atoms with Gasteiger partial charge in [0.05, 0.1) is 5.25 Å². The Balaban J connectivity index is 2.98. The molecule has 0 radical (unpaired) electrons. The van der Waals surface area contributed by atoms with Crippen LogP contribution >= 0.6 is 10.3 Å². The van der Waals surface area contributed by atoms with Crippen molar-refractivity contribution in [1.29, 1.82) is 0 Å². The van der Waals surface area contributed by atoms with Gasteiger partial charge in [-0.05, 0) is 25.5 Å². The summed E-state index contributed by atoms with van der Waals surface area (Å²) in [6, 6.07) is 0. The minimum absolute atomic E-state index is 0.165. The Kier molecular flexibility index (Phi) is 7.40. The Morgan fingerprint density at radius 1 is 1.17 bits per heavy atom. The van der Waals surface area contributed by atoms with Crippen molar-refractivity contribution in [2.24, 2.45) is 0 Å². The zero-order valence-corrected chi connectivity index (χ0v) is 15.2. The van der Waals surface area contributed by atoms with Crippen LogP contribution in [0.5, 0.6) is 0 Å². The summed E-state index contributed by atoms with van der Waals surface area (Å²) >= 11 is 0. The van der Waals surface area contributed by atoms with E-state index in [4.69, 9.17) is 0 Å². The molecular formula is C14H25F3O4S2. The third kappa shape index (κ3) is 5.63. The average Bonchev–Trinajstić information content (AvgIpc) is 2.42. The molecule has 1 aliphatic rings. The van der Waals surface area contributed by atoms with Crippen LogP contribution in [0.1, 0.15) is 58.3 Å². The summed E-state index contributed by atoms with van der Waals surface area (Å²) in [4.78, 5) is 12.1. The molecule has 138 valence electrons. The van der Waals surface area contributed by atoms with Crippen LogP contribution in [0.15, 0.2) is 0 Å². The predicted octanol–water partition coefficient (Wildman–Crippen LogP) is 4.29. The Hall–Kier alpha value is -0.280. The fourth-order valence-electron chi connectivity index (χ4n) is 2.76. The molecule has 1 fully saturated rings. The summed E-state index contributed by atoms with van der Waals surface area (Å²) in [5.41, 5.74) is -5.46. The van der Waals surface area contributed by atoms with Crippen LogP contribution < -0.4 is 0 Å². The van der Waals surface area contributed by atoms with Crippen LogP contribution in [-0.4, -0.2) is 37.0 Å².